The topological polar surface area (TPSA) is 45.5 Å². The molecule has 0 aliphatic rings. The lowest BCUT2D eigenvalue weighted by Gasteiger charge is -2.14. The first-order valence-electron chi connectivity index (χ1n) is 30.8. The number of hydrogen-bond donors (Lipinski definition) is 0. The molecule has 0 fully saturated rings. The van der Waals surface area contributed by atoms with Crippen LogP contribution >= 0.6 is 0 Å². The lowest BCUT2D eigenvalue weighted by Crippen LogP contribution is -1.99. The summed E-state index contributed by atoms with van der Waals surface area (Å²) in [5.41, 5.74) is 22.3. The predicted molar refractivity (Wildman–Crippen MR) is 376 cm³/mol. The van der Waals surface area contributed by atoms with E-state index >= 15 is 0 Å². The van der Waals surface area contributed by atoms with E-state index in [0.29, 0.717) is 5.82 Å². The van der Waals surface area contributed by atoms with E-state index in [2.05, 4.69) is 334 Å². The summed E-state index contributed by atoms with van der Waals surface area (Å²) < 4.78 is 9.55. The molecular weight excluding hydrogens is 1090 g/mol. The second kappa shape index (κ2) is 19.7. The van der Waals surface area contributed by atoms with E-state index in [-0.39, 0.29) is 0 Å². The van der Waals surface area contributed by atoms with Crippen LogP contribution in [0.25, 0.3) is 177 Å². The fraction of sp³-hybridized carbons (Fsp3) is 0. The van der Waals surface area contributed by atoms with Crippen LogP contribution in [0.15, 0.2) is 315 Å². The molecular formula is C84H52N6. The minimum Gasteiger partial charge on any atom is -0.309 e. The van der Waals surface area contributed by atoms with Crippen LogP contribution in [0, 0.1) is 0 Å². The van der Waals surface area contributed by atoms with Crippen molar-refractivity contribution in [2.24, 2.45) is 0 Å². The van der Waals surface area contributed by atoms with Crippen molar-refractivity contribution >= 4 is 109 Å². The molecule has 6 heteroatoms. The highest BCUT2D eigenvalue weighted by atomic mass is 15.0. The van der Waals surface area contributed by atoms with E-state index in [1.807, 2.05) is 0 Å². The molecule has 19 rings (SSSR count). The maximum atomic E-state index is 5.60. The number of rotatable bonds is 8. The molecule has 19 aromatic rings. The average molecular weight is 1150 g/mol. The van der Waals surface area contributed by atoms with Crippen molar-refractivity contribution in [2.75, 3.05) is 0 Å². The summed E-state index contributed by atoms with van der Waals surface area (Å²) in [7, 11) is 0. The molecule has 0 amide bonds. The van der Waals surface area contributed by atoms with Crippen LogP contribution in [0.3, 0.4) is 0 Å². The fourth-order valence-electron chi connectivity index (χ4n) is 14.7. The molecule has 5 aromatic heterocycles. The zero-order chi connectivity index (χ0) is 59.0. The number of fused-ring (bicyclic) bond motifs is 15. The highest BCUT2D eigenvalue weighted by molar-refractivity contribution is 6.16. The Labute approximate surface area is 517 Å². The Kier molecular flexibility index (Phi) is 11.0. The van der Waals surface area contributed by atoms with Gasteiger partial charge in [-0.2, -0.15) is 0 Å². The molecule has 0 saturated heterocycles. The third-order valence-corrected chi connectivity index (χ3v) is 18.7. The average Bonchev–Trinajstić information content (AvgIpc) is 1.38. The third kappa shape index (κ3) is 7.65. The van der Waals surface area contributed by atoms with Crippen molar-refractivity contribution in [3.05, 3.63) is 315 Å². The fourth-order valence-corrected chi connectivity index (χ4v) is 14.7. The summed E-state index contributed by atoms with van der Waals surface area (Å²) in [6.45, 7) is 0. The van der Waals surface area contributed by atoms with Crippen molar-refractivity contribution in [3.63, 3.8) is 0 Å². The minimum absolute atomic E-state index is 0.671. The van der Waals surface area contributed by atoms with Gasteiger partial charge in [-0.15, -0.1) is 0 Å². The molecule has 5 heterocycles. The van der Waals surface area contributed by atoms with E-state index in [9.17, 15) is 0 Å². The zero-order valence-electron chi connectivity index (χ0n) is 48.7. The summed E-state index contributed by atoms with van der Waals surface area (Å²) in [6.07, 6.45) is 0. The number of aromatic nitrogens is 6. The molecule has 0 saturated carbocycles. The molecule has 6 nitrogen and oxygen atoms in total. The van der Waals surface area contributed by atoms with E-state index in [1.54, 1.807) is 0 Å². The van der Waals surface area contributed by atoms with E-state index in [1.165, 1.54) is 87.4 Å². The Bertz CT molecular complexity index is 6140. The molecule has 0 radical (unpaired) electrons. The maximum absolute atomic E-state index is 5.60. The number of nitrogens with zero attached hydrogens (tertiary/aromatic N) is 6. The van der Waals surface area contributed by atoms with Gasteiger partial charge in [-0.1, -0.05) is 188 Å². The molecule has 0 aliphatic heterocycles. The number of para-hydroxylation sites is 6. The molecule has 0 unspecified atom stereocenters. The maximum Gasteiger partial charge on any atom is 0.160 e. The quantitative estimate of drug-likeness (QED) is 0.142. The summed E-state index contributed by atoms with van der Waals surface area (Å²) in [6, 6.07) is 115. The molecule has 90 heavy (non-hydrogen) atoms. The highest BCUT2D eigenvalue weighted by Gasteiger charge is 2.21. The van der Waals surface area contributed by atoms with Gasteiger partial charge in [0.05, 0.1) is 55.3 Å². The van der Waals surface area contributed by atoms with Gasteiger partial charge in [-0.3, -0.25) is 0 Å². The van der Waals surface area contributed by atoms with Crippen LogP contribution in [-0.4, -0.2) is 28.2 Å². The van der Waals surface area contributed by atoms with Gasteiger partial charge in [0.25, 0.3) is 0 Å². The van der Waals surface area contributed by atoms with Gasteiger partial charge in [0.15, 0.2) is 5.82 Å². The van der Waals surface area contributed by atoms with Crippen molar-refractivity contribution in [1.82, 2.24) is 28.2 Å². The van der Waals surface area contributed by atoms with Crippen molar-refractivity contribution in [3.8, 4) is 67.6 Å². The summed E-state index contributed by atoms with van der Waals surface area (Å²) in [5.74, 6) is 0.671. The van der Waals surface area contributed by atoms with Gasteiger partial charge < -0.3 is 18.3 Å². The smallest absolute Gasteiger partial charge is 0.160 e. The van der Waals surface area contributed by atoms with Crippen molar-refractivity contribution in [1.29, 1.82) is 0 Å². The van der Waals surface area contributed by atoms with E-state index in [4.69, 9.17) is 9.97 Å². The van der Waals surface area contributed by atoms with Gasteiger partial charge in [0, 0.05) is 82.4 Å². The second-order valence-corrected chi connectivity index (χ2v) is 23.7. The van der Waals surface area contributed by atoms with Gasteiger partial charge in [-0.05, 0) is 160 Å². The number of benzene rings is 14. The summed E-state index contributed by atoms with van der Waals surface area (Å²) in [4.78, 5) is 11.0. The Morgan fingerprint density at radius 2 is 0.556 bits per heavy atom. The van der Waals surface area contributed by atoms with E-state index in [0.717, 1.165) is 83.3 Å². The number of hydrogen-bond acceptors (Lipinski definition) is 2. The molecule has 0 aliphatic carbocycles. The highest BCUT2D eigenvalue weighted by Crippen LogP contribution is 2.43. The van der Waals surface area contributed by atoms with Crippen LogP contribution in [-0.2, 0) is 0 Å². The standard InChI is InChI=1S/C84H52N6/c1-3-20-60(21-4-1)87-74-30-13-9-26-65(74)69-49-55(37-44-78(69)87)57-39-46-80-71(51-57)67-28-11-15-32-76(67)89(80)62-41-34-54(35-42-62)83-82-64-25-8-7-18-53(64)36-43-73(82)85-84(86-83)59-19-17-24-63(48-59)90-77-33-16-12-29-68(77)72-52-58(40-47-81(72)90)56-38-45-79-70(50-56)66-27-10-14-31-75(66)88(79)61-22-5-2-6-23-61/h1-52H. The van der Waals surface area contributed by atoms with Gasteiger partial charge in [-0.25, -0.2) is 9.97 Å². The zero-order valence-corrected chi connectivity index (χ0v) is 48.7. The Hall–Kier alpha value is -12.1. The van der Waals surface area contributed by atoms with Gasteiger partial charge in [0.1, 0.15) is 0 Å². The molecule has 418 valence electrons. The minimum atomic E-state index is 0.671. The predicted octanol–water partition coefficient (Wildman–Crippen LogP) is 21.8. The normalized spacial score (nSPS) is 12.0. The van der Waals surface area contributed by atoms with Gasteiger partial charge in [0.2, 0.25) is 0 Å². The molecule has 0 bridgehead atoms. The molecule has 0 N–H and O–H groups in total. The van der Waals surface area contributed by atoms with Crippen LogP contribution in [0.1, 0.15) is 0 Å². The molecule has 14 aromatic carbocycles. The first kappa shape index (κ1) is 50.1. The molecule has 0 atom stereocenters. The Morgan fingerprint density at radius 1 is 0.200 bits per heavy atom. The first-order valence-corrected chi connectivity index (χ1v) is 30.8. The largest absolute Gasteiger partial charge is 0.309 e. The molecule has 0 spiro atoms. The summed E-state index contributed by atoms with van der Waals surface area (Å²) >= 11 is 0. The van der Waals surface area contributed by atoms with Gasteiger partial charge >= 0.3 is 0 Å². The second-order valence-electron chi connectivity index (χ2n) is 23.7. The lowest BCUT2D eigenvalue weighted by atomic mass is 9.99. The van der Waals surface area contributed by atoms with Crippen molar-refractivity contribution < 1.29 is 0 Å². The Balaban J connectivity index is 0.701. The SMILES string of the molecule is c1ccc(-n2c3ccccc3c3cc(-c4ccc5c(c4)c4ccccc4n5-c4ccc(-c5nc(-c6cccc(-n7c8ccccc8c8cc(-c9ccc%10c(c9)c9ccccc9n%10-c9ccccc9)ccc87)c6)nc6ccc7ccccc7c56)cc4)ccc32)cc1. The van der Waals surface area contributed by atoms with Crippen LogP contribution in [0.5, 0.6) is 0 Å². The van der Waals surface area contributed by atoms with E-state index < -0.39 is 0 Å². The first-order chi connectivity index (χ1) is 44.6. The lowest BCUT2D eigenvalue weighted by molar-refractivity contribution is 1.17. The van der Waals surface area contributed by atoms with Crippen LogP contribution in [0.4, 0.5) is 0 Å². The van der Waals surface area contributed by atoms with Crippen LogP contribution in [0.2, 0.25) is 0 Å². The summed E-state index contributed by atoms with van der Waals surface area (Å²) in [5, 5.41) is 13.1. The van der Waals surface area contributed by atoms with Crippen LogP contribution < -0.4 is 0 Å². The Morgan fingerprint density at radius 3 is 1.01 bits per heavy atom. The van der Waals surface area contributed by atoms with Crippen molar-refractivity contribution in [2.45, 2.75) is 0 Å². The third-order valence-electron chi connectivity index (χ3n) is 18.7. The monoisotopic (exact) mass is 1140 g/mol.